The van der Waals surface area contributed by atoms with Gasteiger partial charge in [0.15, 0.2) is 0 Å². The van der Waals surface area contributed by atoms with E-state index in [1.54, 1.807) is 6.92 Å². The monoisotopic (exact) mass is 182 g/mol. The zero-order valence-electron chi connectivity index (χ0n) is 7.73. The Bertz CT molecular complexity index is 285. The first kappa shape index (κ1) is 8.50. The van der Waals surface area contributed by atoms with Crippen LogP contribution in [0.2, 0.25) is 0 Å². The fraction of sp³-hybridized carbons (Fsp3) is 0.750. The molecule has 1 unspecified atom stereocenters. The summed E-state index contributed by atoms with van der Waals surface area (Å²) in [5.74, 6) is 0.606. The van der Waals surface area contributed by atoms with E-state index in [1.807, 2.05) is 4.90 Å². The predicted octanol–water partition coefficient (Wildman–Crippen LogP) is 0.306. The van der Waals surface area contributed by atoms with Crippen molar-refractivity contribution in [1.29, 1.82) is 0 Å². The van der Waals surface area contributed by atoms with Gasteiger partial charge in [0, 0.05) is 26.1 Å². The number of nitrogens with two attached hydrogens (primary N) is 1. The fourth-order valence-electron chi connectivity index (χ4n) is 1.60. The maximum absolute atomic E-state index is 5.84. The van der Waals surface area contributed by atoms with E-state index in [0.29, 0.717) is 11.9 Å². The first-order valence-corrected chi connectivity index (χ1v) is 4.56. The Morgan fingerprint density at radius 2 is 2.38 bits per heavy atom. The minimum atomic E-state index is 0.237. The molecule has 2 N–H and O–H groups in total. The van der Waals surface area contributed by atoms with Gasteiger partial charge in [-0.05, 0) is 12.8 Å². The summed E-state index contributed by atoms with van der Waals surface area (Å²) >= 11 is 0. The third kappa shape index (κ3) is 1.80. The largest absolute Gasteiger partial charge is 0.408 e. The van der Waals surface area contributed by atoms with Crippen molar-refractivity contribution in [3.63, 3.8) is 0 Å². The van der Waals surface area contributed by atoms with Crippen LogP contribution in [-0.4, -0.2) is 29.3 Å². The van der Waals surface area contributed by atoms with Crippen LogP contribution in [0.1, 0.15) is 18.7 Å². The van der Waals surface area contributed by atoms with Gasteiger partial charge in [-0.3, -0.25) is 0 Å². The highest BCUT2D eigenvalue weighted by Crippen LogP contribution is 2.17. The molecule has 2 rings (SSSR count). The average Bonchev–Trinajstić information content (AvgIpc) is 2.52. The van der Waals surface area contributed by atoms with Gasteiger partial charge in [-0.15, -0.1) is 5.10 Å². The first-order chi connectivity index (χ1) is 6.25. The lowest BCUT2D eigenvalue weighted by Gasteiger charge is -2.28. The third-order valence-corrected chi connectivity index (χ3v) is 2.24. The number of aromatic nitrogens is 2. The molecule has 0 bridgehead atoms. The molecule has 5 nitrogen and oxygen atoms in total. The van der Waals surface area contributed by atoms with E-state index in [2.05, 4.69) is 10.2 Å². The minimum absolute atomic E-state index is 0.237. The van der Waals surface area contributed by atoms with Crippen molar-refractivity contribution in [2.24, 2.45) is 5.73 Å². The summed E-state index contributed by atoms with van der Waals surface area (Å²) in [6.07, 6.45) is 2.19. The van der Waals surface area contributed by atoms with Gasteiger partial charge in [0.1, 0.15) is 0 Å². The fourth-order valence-corrected chi connectivity index (χ4v) is 1.60. The van der Waals surface area contributed by atoms with E-state index in [9.17, 15) is 0 Å². The lowest BCUT2D eigenvalue weighted by molar-refractivity contribution is 0.448. The molecule has 5 heteroatoms. The van der Waals surface area contributed by atoms with Crippen LogP contribution < -0.4 is 10.6 Å². The second kappa shape index (κ2) is 3.33. The lowest BCUT2D eigenvalue weighted by Crippen LogP contribution is -2.43. The summed E-state index contributed by atoms with van der Waals surface area (Å²) in [4.78, 5) is 2.05. The molecule has 13 heavy (non-hydrogen) atoms. The van der Waals surface area contributed by atoms with Gasteiger partial charge in [0.25, 0.3) is 0 Å². The zero-order valence-corrected chi connectivity index (χ0v) is 7.73. The quantitative estimate of drug-likeness (QED) is 0.676. The number of rotatable bonds is 1. The van der Waals surface area contributed by atoms with Crippen molar-refractivity contribution in [3.05, 3.63) is 5.89 Å². The highest BCUT2D eigenvalue weighted by Gasteiger charge is 2.20. The number of piperidine rings is 1. The average molecular weight is 182 g/mol. The Morgan fingerprint density at radius 3 is 3.00 bits per heavy atom. The molecule has 1 atom stereocenters. The third-order valence-electron chi connectivity index (χ3n) is 2.24. The second-order valence-corrected chi connectivity index (χ2v) is 3.45. The number of hydrogen-bond acceptors (Lipinski definition) is 5. The smallest absolute Gasteiger partial charge is 0.318 e. The van der Waals surface area contributed by atoms with Crippen molar-refractivity contribution >= 4 is 6.01 Å². The molecule has 1 aliphatic heterocycles. The summed E-state index contributed by atoms with van der Waals surface area (Å²) in [6.45, 7) is 3.58. The molecule has 0 spiro atoms. The van der Waals surface area contributed by atoms with Gasteiger partial charge in [-0.1, -0.05) is 5.10 Å². The molecule has 1 aliphatic rings. The van der Waals surface area contributed by atoms with Crippen LogP contribution in [0.15, 0.2) is 4.42 Å². The summed E-state index contributed by atoms with van der Waals surface area (Å²) in [7, 11) is 0. The Kier molecular flexibility index (Phi) is 2.18. The zero-order chi connectivity index (χ0) is 9.26. The van der Waals surface area contributed by atoms with Crippen LogP contribution in [0.25, 0.3) is 0 Å². The van der Waals surface area contributed by atoms with Crippen molar-refractivity contribution in [2.45, 2.75) is 25.8 Å². The molecule has 0 aromatic carbocycles. The van der Waals surface area contributed by atoms with Gasteiger partial charge in [0.2, 0.25) is 5.89 Å². The molecule has 72 valence electrons. The molecule has 1 aromatic heterocycles. The Morgan fingerprint density at radius 1 is 1.54 bits per heavy atom. The number of anilines is 1. The van der Waals surface area contributed by atoms with Crippen LogP contribution in [0.3, 0.4) is 0 Å². The minimum Gasteiger partial charge on any atom is -0.408 e. The van der Waals surface area contributed by atoms with Crippen LogP contribution in [-0.2, 0) is 0 Å². The van der Waals surface area contributed by atoms with E-state index in [1.165, 1.54) is 0 Å². The Labute approximate surface area is 76.9 Å². The molecule has 2 heterocycles. The predicted molar refractivity (Wildman–Crippen MR) is 48.5 cm³/mol. The topological polar surface area (TPSA) is 68.2 Å². The number of nitrogens with zero attached hydrogens (tertiary/aromatic N) is 3. The summed E-state index contributed by atoms with van der Waals surface area (Å²) in [5.41, 5.74) is 5.84. The van der Waals surface area contributed by atoms with Crippen molar-refractivity contribution in [3.8, 4) is 0 Å². The van der Waals surface area contributed by atoms with Crippen molar-refractivity contribution in [1.82, 2.24) is 10.2 Å². The van der Waals surface area contributed by atoms with E-state index in [4.69, 9.17) is 10.2 Å². The molecular weight excluding hydrogens is 168 g/mol. The Balaban J connectivity index is 2.08. The Hall–Kier alpha value is -1.10. The highest BCUT2D eigenvalue weighted by molar-refractivity contribution is 5.25. The summed E-state index contributed by atoms with van der Waals surface area (Å²) in [6, 6.07) is 0.841. The van der Waals surface area contributed by atoms with Gasteiger partial charge >= 0.3 is 6.01 Å². The molecular formula is C8H14N4O. The van der Waals surface area contributed by atoms with E-state index >= 15 is 0 Å². The summed E-state index contributed by atoms with van der Waals surface area (Å²) in [5, 5.41) is 7.75. The SMILES string of the molecule is Cc1nnc(N2CCCC(N)C2)o1. The van der Waals surface area contributed by atoms with E-state index in [0.717, 1.165) is 25.9 Å². The van der Waals surface area contributed by atoms with Crippen molar-refractivity contribution in [2.75, 3.05) is 18.0 Å². The van der Waals surface area contributed by atoms with Gasteiger partial charge in [-0.2, -0.15) is 0 Å². The second-order valence-electron chi connectivity index (χ2n) is 3.45. The maximum Gasteiger partial charge on any atom is 0.318 e. The number of aryl methyl sites for hydroxylation is 1. The normalized spacial score (nSPS) is 23.5. The molecule has 1 aromatic rings. The van der Waals surface area contributed by atoms with Crippen LogP contribution in [0.4, 0.5) is 6.01 Å². The number of hydrogen-bond donors (Lipinski definition) is 1. The van der Waals surface area contributed by atoms with E-state index < -0.39 is 0 Å². The molecule has 0 aliphatic carbocycles. The van der Waals surface area contributed by atoms with E-state index in [-0.39, 0.29) is 6.04 Å². The van der Waals surface area contributed by atoms with Crippen molar-refractivity contribution < 1.29 is 4.42 Å². The standard InChI is InChI=1S/C8H14N4O/c1-6-10-11-8(13-6)12-4-2-3-7(9)5-12/h7H,2-5,9H2,1H3. The van der Waals surface area contributed by atoms with Gasteiger partial charge in [-0.25, -0.2) is 0 Å². The molecule has 1 saturated heterocycles. The van der Waals surface area contributed by atoms with Crippen LogP contribution in [0, 0.1) is 6.92 Å². The van der Waals surface area contributed by atoms with Gasteiger partial charge < -0.3 is 15.1 Å². The molecule has 0 amide bonds. The highest BCUT2D eigenvalue weighted by atomic mass is 16.4. The summed E-state index contributed by atoms with van der Waals surface area (Å²) < 4.78 is 5.32. The molecule has 1 fully saturated rings. The molecule has 0 radical (unpaired) electrons. The molecule has 0 saturated carbocycles. The van der Waals surface area contributed by atoms with Crippen LogP contribution >= 0.6 is 0 Å². The van der Waals surface area contributed by atoms with Crippen LogP contribution in [0.5, 0.6) is 0 Å². The van der Waals surface area contributed by atoms with Gasteiger partial charge in [0.05, 0.1) is 0 Å². The first-order valence-electron chi connectivity index (χ1n) is 4.56. The lowest BCUT2D eigenvalue weighted by atomic mass is 10.1. The maximum atomic E-state index is 5.84.